The number of hydrogen-bond donors (Lipinski definition) is 0. The first-order valence-corrected chi connectivity index (χ1v) is 9.35. The van der Waals surface area contributed by atoms with Crippen molar-refractivity contribution in [2.75, 3.05) is 31.2 Å². The highest BCUT2D eigenvalue weighted by Crippen LogP contribution is 2.31. The van der Waals surface area contributed by atoms with E-state index in [9.17, 15) is 9.59 Å². The van der Waals surface area contributed by atoms with Crippen LogP contribution in [-0.4, -0.2) is 42.9 Å². The zero-order valence-electron chi connectivity index (χ0n) is 15.2. The largest absolute Gasteiger partial charge is 0.378 e. The number of Topliss-reactive ketones (excluding diaryl/α,β-unsaturated/α-hetero) is 2. The highest BCUT2D eigenvalue weighted by atomic mass is 16.5. The van der Waals surface area contributed by atoms with E-state index in [2.05, 4.69) is 4.90 Å². The number of benzene rings is 2. The van der Waals surface area contributed by atoms with Crippen LogP contribution in [0.1, 0.15) is 26.3 Å². The van der Waals surface area contributed by atoms with Crippen molar-refractivity contribution >= 4 is 34.4 Å². The molecule has 0 radical (unpaired) electrons. The van der Waals surface area contributed by atoms with E-state index in [0.29, 0.717) is 24.3 Å². The lowest BCUT2D eigenvalue weighted by Gasteiger charge is -2.29. The van der Waals surface area contributed by atoms with Gasteiger partial charge >= 0.3 is 0 Å². The van der Waals surface area contributed by atoms with Gasteiger partial charge in [-0.05, 0) is 18.2 Å². The predicted octanol–water partition coefficient (Wildman–Crippen LogP) is 3.53. The molecular formula is C23H18N2O3. The molecule has 0 amide bonds. The van der Waals surface area contributed by atoms with Crippen molar-refractivity contribution in [2.24, 2.45) is 0 Å². The molecular weight excluding hydrogens is 352 g/mol. The van der Waals surface area contributed by atoms with Crippen LogP contribution in [-0.2, 0) is 4.74 Å². The molecule has 1 fully saturated rings. The Bertz CT molecular complexity index is 1110. The van der Waals surface area contributed by atoms with Crippen molar-refractivity contribution in [1.82, 2.24) is 4.98 Å². The Balaban J connectivity index is 1.67. The van der Waals surface area contributed by atoms with E-state index in [1.165, 1.54) is 0 Å². The van der Waals surface area contributed by atoms with Crippen LogP contribution in [0, 0.1) is 0 Å². The number of nitrogens with zero attached hydrogens (tertiary/aromatic N) is 2. The number of rotatable bonds is 2. The van der Waals surface area contributed by atoms with Crippen molar-refractivity contribution in [1.29, 1.82) is 0 Å². The van der Waals surface area contributed by atoms with Gasteiger partial charge in [-0.15, -0.1) is 0 Å². The summed E-state index contributed by atoms with van der Waals surface area (Å²) < 4.78 is 5.47. The maximum atomic E-state index is 12.8. The predicted molar refractivity (Wildman–Crippen MR) is 108 cm³/mol. The number of fused-ring (bicyclic) bond motifs is 2. The van der Waals surface area contributed by atoms with Crippen LogP contribution in [0.4, 0.5) is 5.82 Å². The third-order valence-electron chi connectivity index (χ3n) is 5.25. The molecule has 0 bridgehead atoms. The average Bonchev–Trinajstić information content (AvgIpc) is 2.99. The number of ether oxygens (including phenoxy) is 1. The second kappa shape index (κ2) is 6.69. The van der Waals surface area contributed by atoms with Gasteiger partial charge in [0.2, 0.25) is 0 Å². The van der Waals surface area contributed by atoms with E-state index in [-0.39, 0.29) is 17.1 Å². The fourth-order valence-electron chi connectivity index (χ4n) is 3.82. The summed E-state index contributed by atoms with van der Waals surface area (Å²) in [5.41, 5.74) is 2.82. The summed E-state index contributed by atoms with van der Waals surface area (Å²) >= 11 is 0. The third-order valence-corrected chi connectivity index (χ3v) is 5.25. The molecule has 3 aromatic rings. The van der Waals surface area contributed by atoms with Crippen LogP contribution in [0.25, 0.3) is 17.0 Å². The second-order valence-electron chi connectivity index (χ2n) is 6.96. The number of morpholine rings is 1. The number of carbonyl (C=O) groups is 2. The molecule has 138 valence electrons. The van der Waals surface area contributed by atoms with E-state index in [0.717, 1.165) is 35.4 Å². The minimum absolute atomic E-state index is 0.202. The van der Waals surface area contributed by atoms with Gasteiger partial charge in [-0.25, -0.2) is 4.98 Å². The fraction of sp³-hybridized carbons (Fsp3) is 0.174. The lowest BCUT2D eigenvalue weighted by Crippen LogP contribution is -2.37. The molecule has 1 aromatic heterocycles. The molecule has 2 heterocycles. The Morgan fingerprint density at radius 3 is 2.25 bits per heavy atom. The van der Waals surface area contributed by atoms with Gasteiger partial charge in [-0.2, -0.15) is 0 Å². The summed E-state index contributed by atoms with van der Waals surface area (Å²) in [4.78, 5) is 32.6. The quantitative estimate of drug-likeness (QED) is 0.510. The Kier molecular flexibility index (Phi) is 4.02. The van der Waals surface area contributed by atoms with Gasteiger partial charge in [0.25, 0.3) is 0 Å². The molecule has 0 atom stereocenters. The molecule has 5 rings (SSSR count). The number of para-hydroxylation sites is 1. The first-order valence-electron chi connectivity index (χ1n) is 9.35. The van der Waals surface area contributed by atoms with Crippen LogP contribution >= 0.6 is 0 Å². The van der Waals surface area contributed by atoms with Crippen molar-refractivity contribution in [3.05, 3.63) is 76.9 Å². The molecule has 5 nitrogen and oxygen atoms in total. The molecule has 5 heteroatoms. The van der Waals surface area contributed by atoms with Gasteiger partial charge in [-0.3, -0.25) is 9.59 Å². The van der Waals surface area contributed by atoms with Crippen molar-refractivity contribution in [3.8, 4) is 0 Å². The van der Waals surface area contributed by atoms with Gasteiger partial charge in [0.15, 0.2) is 11.6 Å². The molecule has 28 heavy (non-hydrogen) atoms. The number of allylic oxidation sites excluding steroid dienone is 1. The molecule has 0 spiro atoms. The Morgan fingerprint density at radius 2 is 1.54 bits per heavy atom. The van der Waals surface area contributed by atoms with E-state index in [4.69, 9.17) is 9.72 Å². The highest BCUT2D eigenvalue weighted by molar-refractivity contribution is 6.41. The SMILES string of the molecule is O=C1C(=Cc2cc3ccccc3nc2N2CCOCC2)C(=O)c2ccccc21. The first-order chi connectivity index (χ1) is 13.7. The van der Waals surface area contributed by atoms with E-state index >= 15 is 0 Å². The zero-order chi connectivity index (χ0) is 19.1. The van der Waals surface area contributed by atoms with Crippen molar-refractivity contribution < 1.29 is 14.3 Å². The van der Waals surface area contributed by atoms with Crippen molar-refractivity contribution in [3.63, 3.8) is 0 Å². The number of carbonyl (C=O) groups excluding carboxylic acids is 2. The maximum absolute atomic E-state index is 12.8. The molecule has 0 N–H and O–H groups in total. The van der Waals surface area contributed by atoms with Gasteiger partial charge in [0.1, 0.15) is 5.82 Å². The summed E-state index contributed by atoms with van der Waals surface area (Å²) in [7, 11) is 0. The lowest BCUT2D eigenvalue weighted by molar-refractivity contribution is 0.0990. The Labute approximate surface area is 162 Å². The average molecular weight is 370 g/mol. The van der Waals surface area contributed by atoms with Crippen LogP contribution < -0.4 is 4.90 Å². The summed E-state index contributed by atoms with van der Waals surface area (Å²) in [5, 5.41) is 0.974. The minimum Gasteiger partial charge on any atom is -0.378 e. The molecule has 2 aliphatic rings. The van der Waals surface area contributed by atoms with E-state index in [1.807, 2.05) is 30.3 Å². The topological polar surface area (TPSA) is 59.5 Å². The van der Waals surface area contributed by atoms with Crippen LogP contribution in [0.5, 0.6) is 0 Å². The smallest absolute Gasteiger partial charge is 0.197 e. The fourth-order valence-corrected chi connectivity index (χ4v) is 3.82. The highest BCUT2D eigenvalue weighted by Gasteiger charge is 2.33. The first kappa shape index (κ1) is 16.8. The number of aromatic nitrogens is 1. The van der Waals surface area contributed by atoms with Gasteiger partial charge < -0.3 is 9.64 Å². The Morgan fingerprint density at radius 1 is 0.893 bits per heavy atom. The second-order valence-corrected chi connectivity index (χ2v) is 6.96. The van der Waals surface area contributed by atoms with Gasteiger partial charge in [0.05, 0.1) is 24.3 Å². The number of hydrogen-bond acceptors (Lipinski definition) is 5. The van der Waals surface area contributed by atoms with E-state index in [1.54, 1.807) is 30.3 Å². The standard InChI is InChI=1S/C23H18N2O3/c26-21-17-6-2-3-7-18(17)22(27)19(21)14-16-13-15-5-1-4-8-20(15)24-23(16)25-9-11-28-12-10-25/h1-8,13-14H,9-12H2. The molecule has 0 saturated carbocycles. The van der Waals surface area contributed by atoms with Crippen molar-refractivity contribution in [2.45, 2.75) is 0 Å². The van der Waals surface area contributed by atoms with Gasteiger partial charge in [-0.1, -0.05) is 42.5 Å². The molecule has 1 saturated heterocycles. The summed E-state index contributed by atoms with van der Waals surface area (Å²) in [6.45, 7) is 2.72. The summed E-state index contributed by atoms with van der Waals surface area (Å²) in [6.07, 6.45) is 1.70. The maximum Gasteiger partial charge on any atom is 0.197 e. The van der Waals surface area contributed by atoms with Crippen LogP contribution in [0.15, 0.2) is 60.2 Å². The lowest BCUT2D eigenvalue weighted by atomic mass is 10.0. The Hall–Kier alpha value is -3.31. The number of ketones is 2. The number of pyridine rings is 1. The van der Waals surface area contributed by atoms with Crippen LogP contribution in [0.2, 0.25) is 0 Å². The van der Waals surface area contributed by atoms with Gasteiger partial charge in [0, 0.05) is 35.2 Å². The number of anilines is 1. The zero-order valence-corrected chi connectivity index (χ0v) is 15.2. The molecule has 1 aliphatic carbocycles. The monoisotopic (exact) mass is 370 g/mol. The third kappa shape index (κ3) is 2.72. The molecule has 1 aliphatic heterocycles. The van der Waals surface area contributed by atoms with Crippen LogP contribution in [0.3, 0.4) is 0 Å². The summed E-state index contributed by atoms with van der Waals surface area (Å²) in [5.74, 6) is 0.342. The van der Waals surface area contributed by atoms with E-state index < -0.39 is 0 Å². The molecule has 0 unspecified atom stereocenters. The molecule has 2 aromatic carbocycles. The normalized spacial score (nSPS) is 16.6. The summed E-state index contributed by atoms with van der Waals surface area (Å²) in [6, 6.07) is 16.8. The minimum atomic E-state index is -0.221.